The summed E-state index contributed by atoms with van der Waals surface area (Å²) in [6, 6.07) is 24.0. The fourth-order valence-corrected chi connectivity index (χ4v) is 4.75. The van der Waals surface area contributed by atoms with Crippen LogP contribution in [0.25, 0.3) is 11.8 Å². The average Bonchev–Trinajstić information content (AvgIpc) is 3.28. The highest BCUT2D eigenvalue weighted by atomic mass is 35.5. The Labute approximate surface area is 212 Å². The van der Waals surface area contributed by atoms with E-state index in [1.54, 1.807) is 33.6 Å². The first kappa shape index (κ1) is 23.0. The molecule has 6 nitrogen and oxygen atoms in total. The molecule has 1 aliphatic rings. The van der Waals surface area contributed by atoms with E-state index >= 15 is 0 Å². The molecule has 1 aromatic heterocycles. The summed E-state index contributed by atoms with van der Waals surface area (Å²) in [7, 11) is 1.81. The van der Waals surface area contributed by atoms with Crippen molar-refractivity contribution in [1.82, 2.24) is 9.36 Å². The molecule has 0 saturated carbocycles. The van der Waals surface area contributed by atoms with Crippen molar-refractivity contribution in [1.29, 1.82) is 0 Å². The van der Waals surface area contributed by atoms with Gasteiger partial charge in [-0.1, -0.05) is 65.7 Å². The number of hydrogen-bond donors (Lipinski definition) is 0. The number of benzene rings is 3. The van der Waals surface area contributed by atoms with Crippen LogP contribution >= 0.6 is 23.2 Å². The average molecular weight is 505 g/mol. The van der Waals surface area contributed by atoms with Gasteiger partial charge in [0.25, 0.3) is 11.5 Å². The molecule has 0 aliphatic carbocycles. The van der Waals surface area contributed by atoms with E-state index in [-0.39, 0.29) is 18.0 Å². The molecule has 0 spiro atoms. The van der Waals surface area contributed by atoms with Crippen LogP contribution in [-0.4, -0.2) is 21.8 Å². The van der Waals surface area contributed by atoms with E-state index in [1.165, 1.54) is 5.01 Å². The zero-order valence-electron chi connectivity index (χ0n) is 19.2. The van der Waals surface area contributed by atoms with Crippen LogP contribution in [0.3, 0.4) is 0 Å². The Bertz CT molecular complexity index is 1510. The van der Waals surface area contributed by atoms with Crippen molar-refractivity contribution < 1.29 is 4.79 Å². The van der Waals surface area contributed by atoms with Gasteiger partial charge in [-0.3, -0.25) is 19.3 Å². The van der Waals surface area contributed by atoms with E-state index in [9.17, 15) is 9.59 Å². The quantitative estimate of drug-likeness (QED) is 0.337. The highest BCUT2D eigenvalue weighted by molar-refractivity contribution is 6.35. The molecule has 176 valence electrons. The summed E-state index contributed by atoms with van der Waals surface area (Å²) in [6.45, 7) is 2.12. The molecule has 1 saturated heterocycles. The van der Waals surface area contributed by atoms with Gasteiger partial charge >= 0.3 is 0 Å². The third kappa shape index (κ3) is 4.05. The van der Waals surface area contributed by atoms with Crippen molar-refractivity contribution in [3.05, 3.63) is 116 Å². The molecule has 0 atom stereocenters. The Hall–Kier alpha value is -3.74. The van der Waals surface area contributed by atoms with E-state index < -0.39 is 0 Å². The van der Waals surface area contributed by atoms with Gasteiger partial charge in [-0.2, -0.15) is 0 Å². The summed E-state index contributed by atoms with van der Waals surface area (Å²) in [6.07, 6.45) is 1.75. The molecule has 2 heterocycles. The van der Waals surface area contributed by atoms with Gasteiger partial charge in [0.2, 0.25) is 0 Å². The Kier molecular flexibility index (Phi) is 6.01. The van der Waals surface area contributed by atoms with Crippen LogP contribution in [0.15, 0.2) is 89.2 Å². The first-order valence-electron chi connectivity index (χ1n) is 11.0. The molecule has 35 heavy (non-hydrogen) atoms. The molecule has 1 amide bonds. The largest absolute Gasteiger partial charge is 0.297 e. The van der Waals surface area contributed by atoms with Gasteiger partial charge in [-0.15, -0.1) is 0 Å². The molecular weight excluding hydrogens is 483 g/mol. The number of carbonyl (C=O) groups is 1. The van der Waals surface area contributed by atoms with Crippen LogP contribution in [-0.2, 0) is 11.8 Å². The van der Waals surface area contributed by atoms with E-state index in [2.05, 4.69) is 0 Å². The topological polar surface area (TPSA) is 50.5 Å². The van der Waals surface area contributed by atoms with Crippen LogP contribution in [0.2, 0.25) is 10.0 Å². The van der Waals surface area contributed by atoms with Crippen LogP contribution in [0.1, 0.15) is 11.3 Å². The summed E-state index contributed by atoms with van der Waals surface area (Å²) < 4.78 is 3.33. The van der Waals surface area contributed by atoms with Gasteiger partial charge in [-0.05, 0) is 55.0 Å². The van der Waals surface area contributed by atoms with Gasteiger partial charge in [0.1, 0.15) is 0 Å². The van der Waals surface area contributed by atoms with Gasteiger partial charge in [0, 0.05) is 22.7 Å². The minimum Gasteiger partial charge on any atom is -0.283 e. The second-order valence-corrected chi connectivity index (χ2v) is 9.10. The van der Waals surface area contributed by atoms with E-state index in [4.69, 9.17) is 23.2 Å². The van der Waals surface area contributed by atoms with Crippen LogP contribution in [0.5, 0.6) is 0 Å². The fraction of sp³-hybridized carbons (Fsp3) is 0.111. The van der Waals surface area contributed by atoms with Crippen LogP contribution < -0.4 is 15.6 Å². The van der Waals surface area contributed by atoms with Crippen molar-refractivity contribution in [3.63, 3.8) is 0 Å². The van der Waals surface area contributed by atoms with Gasteiger partial charge in [0.05, 0.1) is 23.6 Å². The van der Waals surface area contributed by atoms with Gasteiger partial charge < -0.3 is 0 Å². The van der Waals surface area contributed by atoms with Crippen molar-refractivity contribution in [2.24, 2.45) is 7.05 Å². The molecule has 5 rings (SSSR count). The number of halogens is 2. The number of carbonyl (C=O) groups excluding carboxylic acids is 1. The zero-order chi connectivity index (χ0) is 24.7. The molecule has 8 heteroatoms. The van der Waals surface area contributed by atoms with Crippen molar-refractivity contribution in [2.75, 3.05) is 16.6 Å². The first-order valence-corrected chi connectivity index (χ1v) is 11.8. The van der Waals surface area contributed by atoms with Gasteiger partial charge in [0.15, 0.2) is 5.69 Å². The molecule has 3 aromatic carbocycles. The third-order valence-corrected chi connectivity index (χ3v) is 6.67. The lowest BCUT2D eigenvalue weighted by atomic mass is 10.1. The van der Waals surface area contributed by atoms with Crippen molar-refractivity contribution in [3.8, 4) is 5.69 Å². The van der Waals surface area contributed by atoms with E-state index in [1.807, 2.05) is 79.6 Å². The number of anilines is 2. The Morgan fingerprint density at radius 1 is 0.857 bits per heavy atom. The Balaban J connectivity index is 1.67. The van der Waals surface area contributed by atoms with E-state index in [0.717, 1.165) is 11.4 Å². The Morgan fingerprint density at radius 3 is 2.11 bits per heavy atom. The molecule has 1 aliphatic heterocycles. The number of aromatic nitrogens is 2. The summed E-state index contributed by atoms with van der Waals surface area (Å²) in [5.74, 6) is -0.286. The van der Waals surface area contributed by atoms with Crippen LogP contribution in [0, 0.1) is 6.92 Å². The lowest BCUT2D eigenvalue weighted by Gasteiger charge is -2.28. The third-order valence-electron chi connectivity index (χ3n) is 6.11. The first-order chi connectivity index (χ1) is 16.9. The maximum atomic E-state index is 13.8. The number of para-hydroxylation sites is 2. The summed E-state index contributed by atoms with van der Waals surface area (Å²) >= 11 is 12.4. The molecule has 0 N–H and O–H groups in total. The second-order valence-electron chi connectivity index (χ2n) is 8.26. The number of rotatable bonds is 4. The molecule has 0 radical (unpaired) electrons. The smallest absolute Gasteiger partial charge is 0.283 e. The number of nitrogens with zero attached hydrogens (tertiary/aromatic N) is 4. The highest BCUT2D eigenvalue weighted by Gasteiger charge is 2.39. The number of hydrazine groups is 1. The van der Waals surface area contributed by atoms with E-state index in [0.29, 0.717) is 32.6 Å². The predicted octanol–water partition coefficient (Wildman–Crippen LogP) is 5.64. The Morgan fingerprint density at radius 2 is 1.49 bits per heavy atom. The zero-order valence-corrected chi connectivity index (χ0v) is 20.7. The van der Waals surface area contributed by atoms with Crippen molar-refractivity contribution >= 4 is 46.6 Å². The lowest BCUT2D eigenvalue weighted by molar-refractivity contribution is -0.114. The predicted molar refractivity (Wildman–Crippen MR) is 141 cm³/mol. The molecule has 4 aromatic rings. The normalized spacial score (nSPS) is 14.9. The molecule has 0 bridgehead atoms. The summed E-state index contributed by atoms with van der Waals surface area (Å²) in [4.78, 5) is 27.6. The number of hydrogen-bond acceptors (Lipinski definition) is 3. The minimum atomic E-state index is -0.286. The standard InChI is InChI=1S/C27H22Cl2N4O2/c1-18-25(27(35)32(30(18)2)23-11-7-4-8-12-23)33-26(34)20(15-19-13-14-21(28)16-24(19)29)17-31(33)22-9-5-3-6-10-22/h3-16H,17H2,1-2H3/b20-15+. The SMILES string of the molecule is Cc1c(N2C(=O)/C(=C/c3ccc(Cl)cc3Cl)CN2c2ccccc2)c(=O)n(-c2ccccc2)n1C. The minimum absolute atomic E-state index is 0.279. The number of amides is 1. The van der Waals surface area contributed by atoms with Crippen molar-refractivity contribution in [2.45, 2.75) is 6.92 Å². The fourth-order valence-electron chi connectivity index (χ4n) is 4.29. The molecule has 1 fully saturated rings. The summed E-state index contributed by atoms with van der Waals surface area (Å²) in [5.41, 5.74) is 3.38. The monoisotopic (exact) mass is 504 g/mol. The van der Waals surface area contributed by atoms with Crippen LogP contribution in [0.4, 0.5) is 11.4 Å². The lowest BCUT2D eigenvalue weighted by Crippen LogP contribution is -2.42. The molecular formula is C27H22Cl2N4O2. The highest BCUT2D eigenvalue weighted by Crippen LogP contribution is 2.33. The van der Waals surface area contributed by atoms with Gasteiger partial charge in [-0.25, -0.2) is 9.69 Å². The second kappa shape index (κ2) is 9.13. The maximum absolute atomic E-state index is 13.8. The maximum Gasteiger partial charge on any atom is 0.297 e. The molecule has 0 unspecified atom stereocenters. The summed E-state index contributed by atoms with van der Waals surface area (Å²) in [5, 5.41) is 4.26.